The summed E-state index contributed by atoms with van der Waals surface area (Å²) in [6.07, 6.45) is 4.01. The molecular weight excluding hydrogens is 318 g/mol. The lowest BCUT2D eigenvalue weighted by Gasteiger charge is -2.19. The van der Waals surface area contributed by atoms with E-state index in [4.69, 9.17) is 9.47 Å². The molecule has 0 bridgehead atoms. The predicted octanol–water partition coefficient (Wildman–Crippen LogP) is 2.63. The Morgan fingerprint density at radius 2 is 1.96 bits per heavy atom. The Morgan fingerprint density at radius 3 is 2.68 bits per heavy atom. The van der Waals surface area contributed by atoms with Crippen molar-refractivity contribution in [2.75, 3.05) is 32.2 Å². The monoisotopic (exact) mass is 341 g/mol. The second-order valence-electron chi connectivity index (χ2n) is 5.90. The summed E-state index contributed by atoms with van der Waals surface area (Å²) < 4.78 is 10.7. The number of ether oxygens (including phenoxy) is 2. The van der Waals surface area contributed by atoms with Crippen molar-refractivity contribution in [3.8, 4) is 11.5 Å². The molecule has 3 rings (SSSR count). The van der Waals surface area contributed by atoms with Gasteiger partial charge in [-0.1, -0.05) is 12.1 Å². The third-order valence-corrected chi connectivity index (χ3v) is 4.36. The average molecular weight is 341 g/mol. The molecule has 1 amide bonds. The molecule has 1 N–H and O–H groups in total. The molecule has 0 aliphatic carbocycles. The quantitative estimate of drug-likeness (QED) is 0.875. The molecule has 1 aliphatic rings. The molecule has 0 atom stereocenters. The molecule has 0 radical (unpaired) electrons. The van der Waals surface area contributed by atoms with Crippen LogP contribution in [0.1, 0.15) is 28.8 Å². The van der Waals surface area contributed by atoms with Gasteiger partial charge in [-0.2, -0.15) is 0 Å². The summed E-state index contributed by atoms with van der Waals surface area (Å²) in [4.78, 5) is 19.3. The number of carbonyl (C=O) groups excluding carboxylic acids is 1. The number of nitrogens with one attached hydrogen (secondary N) is 1. The number of hydrogen-bond acceptors (Lipinski definition) is 5. The number of anilines is 1. The molecule has 132 valence electrons. The van der Waals surface area contributed by atoms with Crippen molar-refractivity contribution in [3.63, 3.8) is 0 Å². The molecule has 1 saturated heterocycles. The zero-order valence-corrected chi connectivity index (χ0v) is 14.6. The van der Waals surface area contributed by atoms with E-state index in [0.29, 0.717) is 23.6 Å². The van der Waals surface area contributed by atoms with Gasteiger partial charge < -0.3 is 19.7 Å². The summed E-state index contributed by atoms with van der Waals surface area (Å²) in [5.41, 5.74) is 1.47. The second kappa shape index (κ2) is 7.88. The number of rotatable bonds is 6. The number of nitrogens with zero attached hydrogens (tertiary/aromatic N) is 2. The summed E-state index contributed by atoms with van der Waals surface area (Å²) >= 11 is 0. The molecule has 6 nitrogen and oxygen atoms in total. The summed E-state index contributed by atoms with van der Waals surface area (Å²) in [5.74, 6) is 1.90. The van der Waals surface area contributed by atoms with Crippen LogP contribution in [0.4, 0.5) is 5.82 Å². The van der Waals surface area contributed by atoms with Crippen molar-refractivity contribution in [2.24, 2.45) is 0 Å². The first-order valence-corrected chi connectivity index (χ1v) is 8.42. The highest BCUT2D eigenvalue weighted by Crippen LogP contribution is 2.30. The van der Waals surface area contributed by atoms with Crippen molar-refractivity contribution < 1.29 is 14.3 Å². The maximum absolute atomic E-state index is 12.7. The largest absolute Gasteiger partial charge is 0.493 e. The van der Waals surface area contributed by atoms with Crippen LogP contribution in [0, 0.1) is 0 Å². The Hall–Kier alpha value is -2.76. The Balaban J connectivity index is 1.76. The van der Waals surface area contributed by atoms with E-state index >= 15 is 0 Å². The first kappa shape index (κ1) is 17.1. The first-order chi connectivity index (χ1) is 12.2. The summed E-state index contributed by atoms with van der Waals surface area (Å²) in [5, 5.41) is 2.96. The first-order valence-electron chi connectivity index (χ1n) is 8.42. The van der Waals surface area contributed by atoms with E-state index < -0.39 is 0 Å². The number of hydrogen-bond donors (Lipinski definition) is 1. The Kier molecular flexibility index (Phi) is 5.38. The molecular formula is C19H23N3O3. The number of pyridine rings is 1. The fraction of sp³-hybridized carbons (Fsp3) is 0.368. The van der Waals surface area contributed by atoms with Crippen LogP contribution < -0.4 is 19.7 Å². The maximum atomic E-state index is 12.7. The van der Waals surface area contributed by atoms with Crippen molar-refractivity contribution in [1.29, 1.82) is 0 Å². The second-order valence-corrected chi connectivity index (χ2v) is 5.90. The molecule has 1 aromatic heterocycles. The Bertz CT molecular complexity index is 742. The third-order valence-electron chi connectivity index (χ3n) is 4.36. The summed E-state index contributed by atoms with van der Waals surface area (Å²) in [6, 6.07) is 9.23. The number of para-hydroxylation sites is 1. The van der Waals surface area contributed by atoms with E-state index in [1.165, 1.54) is 0 Å². The van der Waals surface area contributed by atoms with E-state index in [2.05, 4.69) is 15.2 Å². The topological polar surface area (TPSA) is 63.7 Å². The van der Waals surface area contributed by atoms with Crippen molar-refractivity contribution in [2.45, 2.75) is 19.4 Å². The fourth-order valence-electron chi connectivity index (χ4n) is 3.12. The molecule has 25 heavy (non-hydrogen) atoms. The van der Waals surface area contributed by atoms with Crippen LogP contribution in [-0.2, 0) is 6.54 Å². The number of methoxy groups -OCH3 is 2. The van der Waals surface area contributed by atoms with Gasteiger partial charge in [-0.15, -0.1) is 0 Å². The molecule has 0 spiro atoms. The van der Waals surface area contributed by atoms with E-state index in [1.807, 2.05) is 24.3 Å². The highest BCUT2D eigenvalue weighted by atomic mass is 16.5. The van der Waals surface area contributed by atoms with Gasteiger partial charge in [0.1, 0.15) is 5.82 Å². The molecule has 2 aromatic rings. The Morgan fingerprint density at radius 1 is 1.16 bits per heavy atom. The molecule has 0 unspecified atom stereocenters. The van der Waals surface area contributed by atoms with Gasteiger partial charge in [0.2, 0.25) is 0 Å². The lowest BCUT2D eigenvalue weighted by molar-refractivity contribution is 0.0951. The van der Waals surface area contributed by atoms with Crippen molar-refractivity contribution in [3.05, 3.63) is 47.7 Å². The summed E-state index contributed by atoms with van der Waals surface area (Å²) in [7, 11) is 3.19. The van der Waals surface area contributed by atoms with Gasteiger partial charge in [0.05, 0.1) is 19.8 Å². The Labute approximate surface area is 147 Å². The smallest absolute Gasteiger partial charge is 0.255 e. The van der Waals surface area contributed by atoms with Gasteiger partial charge in [-0.25, -0.2) is 4.98 Å². The average Bonchev–Trinajstić information content (AvgIpc) is 3.20. The van der Waals surface area contributed by atoms with Gasteiger partial charge in [0.25, 0.3) is 5.91 Å². The number of aromatic nitrogens is 1. The van der Waals surface area contributed by atoms with Crippen LogP contribution in [0.5, 0.6) is 11.5 Å². The highest BCUT2D eigenvalue weighted by Gasteiger charge is 2.20. The van der Waals surface area contributed by atoms with Crippen LogP contribution in [0.25, 0.3) is 0 Å². The molecule has 2 heterocycles. The van der Waals surface area contributed by atoms with E-state index in [-0.39, 0.29) is 5.91 Å². The predicted molar refractivity (Wildman–Crippen MR) is 96.4 cm³/mol. The van der Waals surface area contributed by atoms with Crippen LogP contribution in [0.15, 0.2) is 36.5 Å². The number of benzene rings is 1. The van der Waals surface area contributed by atoms with Crippen LogP contribution in [0.2, 0.25) is 0 Å². The zero-order chi connectivity index (χ0) is 17.6. The number of amides is 1. The molecule has 6 heteroatoms. The molecule has 1 aromatic carbocycles. The van der Waals surface area contributed by atoms with Gasteiger partial charge in [-0.3, -0.25) is 4.79 Å². The highest BCUT2D eigenvalue weighted by molar-refractivity contribution is 5.98. The van der Waals surface area contributed by atoms with E-state index in [1.54, 1.807) is 26.5 Å². The lowest BCUT2D eigenvalue weighted by Crippen LogP contribution is -2.28. The minimum Gasteiger partial charge on any atom is -0.493 e. The van der Waals surface area contributed by atoms with Crippen LogP contribution in [0.3, 0.4) is 0 Å². The van der Waals surface area contributed by atoms with Gasteiger partial charge >= 0.3 is 0 Å². The van der Waals surface area contributed by atoms with Crippen LogP contribution >= 0.6 is 0 Å². The normalized spacial score (nSPS) is 13.6. The molecule has 0 saturated carbocycles. The summed E-state index contributed by atoms with van der Waals surface area (Å²) in [6.45, 7) is 2.25. The zero-order valence-electron chi connectivity index (χ0n) is 14.6. The van der Waals surface area contributed by atoms with Crippen molar-refractivity contribution in [1.82, 2.24) is 10.3 Å². The van der Waals surface area contributed by atoms with Crippen molar-refractivity contribution >= 4 is 11.7 Å². The molecule has 1 aliphatic heterocycles. The standard InChI is InChI=1S/C19H23N3O3/c1-24-16-9-5-7-14(17(16)25-2)13-21-19(23)15-8-6-10-20-18(15)22-11-3-4-12-22/h5-10H,3-4,11-13H2,1-2H3,(H,21,23). The van der Waals surface area contributed by atoms with Gasteiger partial charge in [0, 0.05) is 31.4 Å². The van der Waals surface area contributed by atoms with E-state index in [0.717, 1.165) is 37.3 Å². The minimum atomic E-state index is -0.139. The third kappa shape index (κ3) is 3.68. The maximum Gasteiger partial charge on any atom is 0.255 e. The SMILES string of the molecule is COc1cccc(CNC(=O)c2cccnc2N2CCCC2)c1OC. The van der Waals surface area contributed by atoms with E-state index in [9.17, 15) is 4.79 Å². The lowest BCUT2D eigenvalue weighted by atomic mass is 10.1. The van der Waals surface area contributed by atoms with Crippen LogP contribution in [-0.4, -0.2) is 38.2 Å². The number of carbonyl (C=O) groups is 1. The minimum absolute atomic E-state index is 0.139. The van der Waals surface area contributed by atoms with Gasteiger partial charge in [-0.05, 0) is 31.0 Å². The van der Waals surface area contributed by atoms with Gasteiger partial charge in [0.15, 0.2) is 11.5 Å². The fourth-order valence-corrected chi connectivity index (χ4v) is 3.12. The molecule has 1 fully saturated rings.